The Bertz CT molecular complexity index is 861. The van der Waals surface area contributed by atoms with E-state index < -0.39 is 0 Å². The number of allylic oxidation sites excluding steroid dienone is 4. The van der Waals surface area contributed by atoms with Crippen LogP contribution in [0.4, 0.5) is 0 Å². The zero-order valence-electron chi connectivity index (χ0n) is 17.5. The Morgan fingerprint density at radius 1 is 1.15 bits per heavy atom. The highest BCUT2D eigenvalue weighted by atomic mass is 16.3. The molecule has 0 aliphatic heterocycles. The number of aliphatic hydroxyl groups excluding tert-OH is 1. The Morgan fingerprint density at radius 3 is 2.33 bits per heavy atom. The summed E-state index contributed by atoms with van der Waals surface area (Å²) in [6, 6.07) is 4.94. The molecular formula is C25H32O2. The molecule has 3 rings (SSSR count). The molecule has 1 N–H and O–H groups in total. The van der Waals surface area contributed by atoms with Gasteiger partial charge >= 0.3 is 0 Å². The minimum atomic E-state index is -0.347. The van der Waals surface area contributed by atoms with Crippen LogP contribution in [-0.4, -0.2) is 11.0 Å². The number of hydrogen-bond acceptors (Lipinski definition) is 2. The fourth-order valence-electron chi connectivity index (χ4n) is 4.49. The Kier molecular flexibility index (Phi) is 4.99. The number of rotatable bonds is 4. The SMILES string of the molecule is CC(/C=C/C1CC1c1cc2c(cc1C)C(C)(C)CCC2(C)C)=C\C(O)=C=O. The molecular weight excluding hydrogens is 332 g/mol. The highest BCUT2D eigenvalue weighted by Gasteiger charge is 2.41. The van der Waals surface area contributed by atoms with Crippen LogP contribution in [-0.2, 0) is 15.6 Å². The van der Waals surface area contributed by atoms with Crippen molar-refractivity contribution in [1.29, 1.82) is 0 Å². The van der Waals surface area contributed by atoms with E-state index in [0.717, 1.165) is 5.57 Å². The van der Waals surface area contributed by atoms with E-state index in [4.69, 9.17) is 0 Å². The normalized spacial score (nSPS) is 25.8. The first kappa shape index (κ1) is 19.7. The molecule has 0 spiro atoms. The highest BCUT2D eigenvalue weighted by molar-refractivity contribution is 5.54. The van der Waals surface area contributed by atoms with Gasteiger partial charge in [0.2, 0.25) is 5.76 Å². The smallest absolute Gasteiger partial charge is 0.201 e. The van der Waals surface area contributed by atoms with E-state index in [2.05, 4.69) is 52.8 Å². The molecule has 2 unspecified atom stereocenters. The molecule has 1 aromatic carbocycles. The molecule has 0 radical (unpaired) electrons. The Balaban J connectivity index is 1.86. The fraction of sp³-hybridized carbons (Fsp3) is 0.520. The first-order valence-corrected chi connectivity index (χ1v) is 10.0. The summed E-state index contributed by atoms with van der Waals surface area (Å²) in [7, 11) is 0. The summed E-state index contributed by atoms with van der Waals surface area (Å²) in [5, 5.41) is 9.26. The molecule has 1 fully saturated rings. The van der Waals surface area contributed by atoms with Crippen molar-refractivity contribution in [3.63, 3.8) is 0 Å². The van der Waals surface area contributed by atoms with Crippen molar-refractivity contribution in [2.75, 3.05) is 0 Å². The average Bonchev–Trinajstić information content (AvgIpc) is 3.36. The van der Waals surface area contributed by atoms with Crippen molar-refractivity contribution in [2.45, 2.75) is 77.6 Å². The first-order valence-electron chi connectivity index (χ1n) is 10.0. The lowest BCUT2D eigenvalue weighted by molar-refractivity contribution is 0.331. The van der Waals surface area contributed by atoms with Gasteiger partial charge in [0.1, 0.15) is 0 Å². The molecule has 0 aromatic heterocycles. The lowest BCUT2D eigenvalue weighted by Crippen LogP contribution is -2.34. The Hall–Kier alpha value is -2.05. The number of carbonyl (C=O) groups excluding carboxylic acids is 1. The van der Waals surface area contributed by atoms with Crippen molar-refractivity contribution < 1.29 is 9.90 Å². The quantitative estimate of drug-likeness (QED) is 0.391. The second-order valence-electron chi connectivity index (χ2n) is 9.76. The third-order valence-corrected chi connectivity index (χ3v) is 6.55. The van der Waals surface area contributed by atoms with Gasteiger partial charge in [0.15, 0.2) is 5.94 Å². The monoisotopic (exact) mass is 364 g/mol. The number of fused-ring (bicyclic) bond motifs is 1. The summed E-state index contributed by atoms with van der Waals surface area (Å²) in [5.41, 5.74) is 7.33. The molecule has 0 amide bonds. The van der Waals surface area contributed by atoms with E-state index in [9.17, 15) is 9.90 Å². The highest BCUT2D eigenvalue weighted by Crippen LogP contribution is 2.53. The van der Waals surface area contributed by atoms with Crippen molar-refractivity contribution in [3.8, 4) is 0 Å². The summed E-state index contributed by atoms with van der Waals surface area (Å²) in [6.07, 6.45) is 9.31. The van der Waals surface area contributed by atoms with Crippen molar-refractivity contribution in [3.05, 3.63) is 63.9 Å². The summed E-state index contributed by atoms with van der Waals surface area (Å²) in [6.45, 7) is 13.7. The number of aryl methyl sites for hydroxylation is 1. The Morgan fingerprint density at radius 2 is 1.74 bits per heavy atom. The van der Waals surface area contributed by atoms with Gasteiger partial charge in [0.05, 0.1) is 0 Å². The van der Waals surface area contributed by atoms with Gasteiger partial charge in [0.25, 0.3) is 0 Å². The van der Waals surface area contributed by atoms with Crippen LogP contribution in [0.15, 0.2) is 41.7 Å². The summed E-state index contributed by atoms with van der Waals surface area (Å²) < 4.78 is 0. The minimum absolute atomic E-state index is 0.242. The largest absolute Gasteiger partial charge is 0.499 e. The molecule has 2 aliphatic rings. The third kappa shape index (κ3) is 3.96. The van der Waals surface area contributed by atoms with Gasteiger partial charge < -0.3 is 5.11 Å². The standard InChI is InChI=1S/C25H32O2/c1-16(11-19(27)15-26)7-8-18-13-21(18)20-14-23-22(12-17(20)2)24(3,4)9-10-25(23,5)6/h7-8,11-12,14,18,21,27H,9-10,13H2,1-6H3/b8-7+,16-11+. The summed E-state index contributed by atoms with van der Waals surface area (Å²) in [5.74, 6) is 2.26. The van der Waals surface area contributed by atoms with Gasteiger partial charge in [-0.2, -0.15) is 0 Å². The molecule has 0 bridgehead atoms. The minimum Gasteiger partial charge on any atom is -0.499 e. The van der Waals surface area contributed by atoms with Crippen molar-refractivity contribution in [2.24, 2.45) is 5.92 Å². The van der Waals surface area contributed by atoms with E-state index in [0.29, 0.717) is 11.8 Å². The fourth-order valence-corrected chi connectivity index (χ4v) is 4.49. The topological polar surface area (TPSA) is 37.3 Å². The molecule has 27 heavy (non-hydrogen) atoms. The van der Waals surface area contributed by atoms with Crippen LogP contribution in [0.2, 0.25) is 0 Å². The lowest BCUT2D eigenvalue weighted by atomic mass is 9.62. The Labute approximate surface area is 163 Å². The van der Waals surface area contributed by atoms with Crippen LogP contribution in [0.5, 0.6) is 0 Å². The van der Waals surface area contributed by atoms with Gasteiger partial charge in [-0.05, 0) is 89.7 Å². The average molecular weight is 365 g/mol. The number of aliphatic hydroxyl groups is 1. The van der Waals surface area contributed by atoms with E-state index >= 15 is 0 Å². The van der Waals surface area contributed by atoms with Crippen LogP contribution in [0, 0.1) is 12.8 Å². The maximum absolute atomic E-state index is 10.4. The lowest BCUT2D eigenvalue weighted by Gasteiger charge is -2.42. The van der Waals surface area contributed by atoms with Gasteiger partial charge in [0, 0.05) is 0 Å². The van der Waals surface area contributed by atoms with E-state index in [1.165, 1.54) is 53.5 Å². The zero-order chi connectivity index (χ0) is 20.0. The first-order chi connectivity index (χ1) is 12.5. The van der Waals surface area contributed by atoms with E-state index in [1.54, 1.807) is 0 Å². The number of hydrogen-bond donors (Lipinski definition) is 1. The molecule has 0 heterocycles. The van der Waals surface area contributed by atoms with Gasteiger partial charge in [-0.15, -0.1) is 0 Å². The van der Waals surface area contributed by atoms with Crippen molar-refractivity contribution >= 4 is 5.94 Å². The molecule has 0 saturated heterocycles. The van der Waals surface area contributed by atoms with E-state index in [1.807, 2.05) is 13.0 Å². The summed E-state index contributed by atoms with van der Waals surface area (Å²) >= 11 is 0. The zero-order valence-corrected chi connectivity index (χ0v) is 17.5. The van der Waals surface area contributed by atoms with Gasteiger partial charge in [-0.25, -0.2) is 4.79 Å². The predicted octanol–water partition coefficient (Wildman–Crippen LogP) is 6.22. The third-order valence-electron chi connectivity index (χ3n) is 6.55. The molecule has 2 heteroatoms. The maximum Gasteiger partial charge on any atom is 0.201 e. The van der Waals surface area contributed by atoms with Crippen LogP contribution in [0.1, 0.15) is 82.1 Å². The molecule has 2 nitrogen and oxygen atoms in total. The second-order valence-corrected chi connectivity index (χ2v) is 9.76. The van der Waals surface area contributed by atoms with Crippen LogP contribution < -0.4 is 0 Å². The van der Waals surface area contributed by atoms with Crippen LogP contribution in [0.3, 0.4) is 0 Å². The molecule has 1 saturated carbocycles. The van der Waals surface area contributed by atoms with Gasteiger partial charge in [-0.3, -0.25) is 0 Å². The maximum atomic E-state index is 10.4. The molecule has 144 valence electrons. The predicted molar refractivity (Wildman–Crippen MR) is 112 cm³/mol. The molecule has 2 atom stereocenters. The van der Waals surface area contributed by atoms with Crippen LogP contribution >= 0.6 is 0 Å². The molecule has 2 aliphatic carbocycles. The summed E-state index contributed by atoms with van der Waals surface area (Å²) in [4.78, 5) is 10.4. The number of benzene rings is 1. The second kappa shape index (κ2) is 6.84. The van der Waals surface area contributed by atoms with E-state index in [-0.39, 0.29) is 16.6 Å². The van der Waals surface area contributed by atoms with Crippen LogP contribution in [0.25, 0.3) is 0 Å². The van der Waals surface area contributed by atoms with Crippen molar-refractivity contribution in [1.82, 2.24) is 0 Å². The molecule has 1 aromatic rings. The van der Waals surface area contributed by atoms with Gasteiger partial charge in [-0.1, -0.05) is 52.0 Å².